The zero-order valence-electron chi connectivity index (χ0n) is 15.4. The average molecular weight is 399 g/mol. The number of carbonyl (C=O) groups excluding carboxylic acids is 1. The predicted octanol–water partition coefficient (Wildman–Crippen LogP) is 4.62. The number of benzene rings is 3. The fraction of sp³-hybridized carbons (Fsp3) is 0.174. The van der Waals surface area contributed by atoms with Crippen molar-refractivity contribution in [3.05, 3.63) is 91.0 Å². The molecule has 3 aromatic carbocycles. The van der Waals surface area contributed by atoms with Gasteiger partial charge in [-0.3, -0.25) is 0 Å². The second-order valence-corrected chi connectivity index (χ2v) is 13.1. The number of halogens is 1. The second-order valence-electron chi connectivity index (χ2n) is 6.47. The first-order valence-electron chi connectivity index (χ1n) is 9.15. The van der Waals surface area contributed by atoms with Crippen molar-refractivity contribution in [1.29, 1.82) is 0 Å². The Labute approximate surface area is 165 Å². The van der Waals surface area contributed by atoms with Gasteiger partial charge in [0.1, 0.15) is 0 Å². The van der Waals surface area contributed by atoms with Crippen molar-refractivity contribution in [1.82, 2.24) is 0 Å². The van der Waals surface area contributed by atoms with Gasteiger partial charge < -0.3 is 0 Å². The summed E-state index contributed by atoms with van der Waals surface area (Å²) in [6.07, 6.45) is 0.790. The van der Waals surface area contributed by atoms with Crippen molar-refractivity contribution in [2.45, 2.75) is 13.3 Å². The molecule has 3 rings (SSSR count). The van der Waals surface area contributed by atoms with E-state index < -0.39 is 5.96 Å². The van der Waals surface area contributed by atoms with Crippen LogP contribution in [-0.4, -0.2) is 18.7 Å². The number of ether oxygens (including phenoxy) is 1. The standard InChI is InChI=1S/C23H24ClO2P/c1-2-26-23(25)18-19-27(24,20-12-6-3-7-13-20,21-14-8-4-9-15-21)22-16-10-5-11-17-22/h3-17H,2,18-19H2,1H3. The first-order chi connectivity index (χ1) is 13.1. The summed E-state index contributed by atoms with van der Waals surface area (Å²) in [5.41, 5.74) is 0. The van der Waals surface area contributed by atoms with Gasteiger partial charge in [-0.2, -0.15) is 0 Å². The Hall–Kier alpha value is -2.15. The first-order valence-corrected chi connectivity index (χ1v) is 12.5. The van der Waals surface area contributed by atoms with E-state index in [0.717, 1.165) is 15.9 Å². The number of hydrogen-bond acceptors (Lipinski definition) is 2. The van der Waals surface area contributed by atoms with Gasteiger partial charge in [-0.1, -0.05) is 0 Å². The predicted molar refractivity (Wildman–Crippen MR) is 117 cm³/mol. The molecule has 3 aromatic rings. The van der Waals surface area contributed by atoms with Gasteiger partial charge in [0.15, 0.2) is 0 Å². The quantitative estimate of drug-likeness (QED) is 0.428. The third kappa shape index (κ3) is 3.65. The van der Waals surface area contributed by atoms with E-state index in [1.165, 1.54) is 0 Å². The van der Waals surface area contributed by atoms with Crippen LogP contribution in [0.1, 0.15) is 13.3 Å². The van der Waals surface area contributed by atoms with Crippen LogP contribution in [0.2, 0.25) is 0 Å². The Morgan fingerprint density at radius 1 is 0.778 bits per heavy atom. The molecule has 0 aliphatic carbocycles. The van der Waals surface area contributed by atoms with Gasteiger partial charge in [0.25, 0.3) is 0 Å². The maximum absolute atomic E-state index is 12.3. The van der Waals surface area contributed by atoms with E-state index in [9.17, 15) is 4.79 Å². The summed E-state index contributed by atoms with van der Waals surface area (Å²) in [6.45, 7) is 2.20. The molecule has 0 N–H and O–H groups in total. The minimum atomic E-state index is -3.36. The van der Waals surface area contributed by atoms with E-state index >= 15 is 0 Å². The van der Waals surface area contributed by atoms with Crippen molar-refractivity contribution >= 4 is 39.1 Å². The van der Waals surface area contributed by atoms with E-state index in [1.54, 1.807) is 0 Å². The SMILES string of the molecule is CCOC(=O)CCP(Cl)(c1ccccc1)(c1ccccc1)c1ccccc1. The zero-order chi connectivity index (χ0) is 19.2. The molecule has 4 heteroatoms. The van der Waals surface area contributed by atoms with Gasteiger partial charge in [-0.05, 0) is 0 Å². The van der Waals surface area contributed by atoms with Crippen molar-refractivity contribution in [3.63, 3.8) is 0 Å². The van der Waals surface area contributed by atoms with E-state index in [4.69, 9.17) is 16.0 Å². The van der Waals surface area contributed by atoms with Crippen LogP contribution in [0.3, 0.4) is 0 Å². The molecule has 0 aromatic heterocycles. The molecule has 0 fully saturated rings. The molecular weight excluding hydrogens is 375 g/mol. The van der Waals surface area contributed by atoms with Crippen LogP contribution in [0.15, 0.2) is 91.0 Å². The van der Waals surface area contributed by atoms with Gasteiger partial charge in [-0.25, -0.2) is 0 Å². The monoisotopic (exact) mass is 398 g/mol. The number of rotatable bonds is 7. The van der Waals surface area contributed by atoms with Crippen LogP contribution in [-0.2, 0) is 9.53 Å². The molecule has 0 atom stereocenters. The van der Waals surface area contributed by atoms with Crippen LogP contribution in [0.25, 0.3) is 0 Å². The zero-order valence-corrected chi connectivity index (χ0v) is 17.1. The van der Waals surface area contributed by atoms with Crippen molar-refractivity contribution < 1.29 is 9.53 Å². The molecule has 27 heavy (non-hydrogen) atoms. The summed E-state index contributed by atoms with van der Waals surface area (Å²) in [5.74, 6) is -3.57. The molecule has 0 saturated carbocycles. The third-order valence-electron chi connectivity index (χ3n) is 4.92. The molecule has 0 unspecified atom stereocenters. The third-order valence-corrected chi connectivity index (χ3v) is 12.4. The summed E-state index contributed by atoms with van der Waals surface area (Å²) in [4.78, 5) is 12.3. The fourth-order valence-electron chi connectivity index (χ4n) is 3.59. The van der Waals surface area contributed by atoms with Gasteiger partial charge in [0, 0.05) is 0 Å². The van der Waals surface area contributed by atoms with Crippen LogP contribution in [0.4, 0.5) is 0 Å². The summed E-state index contributed by atoms with van der Waals surface area (Å²) < 4.78 is 5.21. The van der Waals surface area contributed by atoms with E-state index in [1.807, 2.05) is 61.5 Å². The first kappa shape index (κ1) is 19.6. The molecule has 2 nitrogen and oxygen atoms in total. The number of hydrogen-bond donors (Lipinski definition) is 0. The van der Waals surface area contributed by atoms with Crippen LogP contribution >= 0.6 is 17.2 Å². The Morgan fingerprint density at radius 3 is 1.48 bits per heavy atom. The normalized spacial score (nSPS) is 12.7. The topological polar surface area (TPSA) is 26.3 Å². The second kappa shape index (κ2) is 8.25. The van der Waals surface area contributed by atoms with E-state index in [2.05, 4.69) is 36.4 Å². The Kier molecular flexibility index (Phi) is 5.99. The summed E-state index contributed by atoms with van der Waals surface area (Å²) in [5, 5.41) is 3.19. The van der Waals surface area contributed by atoms with Gasteiger partial charge >= 0.3 is 166 Å². The molecule has 0 bridgehead atoms. The Bertz CT molecular complexity index is 783. The summed E-state index contributed by atoms with van der Waals surface area (Å²) in [6, 6.07) is 30.5. The van der Waals surface area contributed by atoms with Crippen LogP contribution in [0, 0.1) is 0 Å². The van der Waals surface area contributed by atoms with Crippen LogP contribution < -0.4 is 15.9 Å². The molecular formula is C23H24ClO2P. The molecule has 140 valence electrons. The average Bonchev–Trinajstić information content (AvgIpc) is 2.74. The van der Waals surface area contributed by atoms with Gasteiger partial charge in [-0.15, -0.1) is 0 Å². The van der Waals surface area contributed by atoms with Crippen molar-refractivity contribution in [2.24, 2.45) is 0 Å². The molecule has 0 aliphatic heterocycles. The number of esters is 1. The Morgan fingerprint density at radius 2 is 1.15 bits per heavy atom. The molecule has 0 spiro atoms. The van der Waals surface area contributed by atoms with Crippen LogP contribution in [0.5, 0.6) is 0 Å². The fourth-order valence-corrected chi connectivity index (χ4v) is 9.51. The molecule has 0 amide bonds. The molecule has 0 heterocycles. The maximum atomic E-state index is 12.3. The van der Waals surface area contributed by atoms with Gasteiger partial charge in [0.05, 0.1) is 0 Å². The summed E-state index contributed by atoms with van der Waals surface area (Å²) >= 11 is 7.84. The summed E-state index contributed by atoms with van der Waals surface area (Å²) in [7, 11) is 0. The van der Waals surface area contributed by atoms with Crippen molar-refractivity contribution in [2.75, 3.05) is 12.8 Å². The minimum absolute atomic E-state index is 0.213. The number of carbonyl (C=O) groups is 1. The van der Waals surface area contributed by atoms with E-state index in [0.29, 0.717) is 12.8 Å². The Balaban J connectivity index is 2.27. The molecule has 0 radical (unpaired) electrons. The molecule has 0 saturated heterocycles. The van der Waals surface area contributed by atoms with E-state index in [-0.39, 0.29) is 12.4 Å². The van der Waals surface area contributed by atoms with Gasteiger partial charge in [0.2, 0.25) is 0 Å². The van der Waals surface area contributed by atoms with Crippen molar-refractivity contribution in [3.8, 4) is 0 Å². The molecule has 0 aliphatic rings.